The second-order valence-electron chi connectivity index (χ2n) is 7.29. The van der Waals surface area contributed by atoms with Crippen LogP contribution >= 0.6 is 11.8 Å². The monoisotopic (exact) mass is 352 g/mol. The molecule has 4 nitrogen and oxygen atoms in total. The summed E-state index contributed by atoms with van der Waals surface area (Å²) in [5.41, 5.74) is 1.53. The van der Waals surface area contributed by atoms with E-state index in [4.69, 9.17) is 0 Å². The van der Waals surface area contributed by atoms with Gasteiger partial charge in [-0.3, -0.25) is 0 Å². The minimum Gasteiger partial charge on any atom is -0.207 e. The third-order valence-corrected chi connectivity index (χ3v) is 7.19. The molecule has 0 amide bonds. The summed E-state index contributed by atoms with van der Waals surface area (Å²) in [7, 11) is -3.72. The molecule has 0 unspecified atom stereocenters. The largest absolute Gasteiger partial charge is 0.242 e. The fraction of sp³-hybridized carbons (Fsp3) is 0.588. The number of rotatable bonds is 3. The van der Waals surface area contributed by atoms with E-state index in [1.54, 1.807) is 11.8 Å². The Balaban J connectivity index is 2.47. The van der Waals surface area contributed by atoms with Gasteiger partial charge in [-0.25, -0.2) is 8.42 Å². The summed E-state index contributed by atoms with van der Waals surface area (Å²) < 4.78 is 28.4. The maximum absolute atomic E-state index is 12.9. The van der Waals surface area contributed by atoms with Gasteiger partial charge in [-0.1, -0.05) is 32.9 Å². The van der Waals surface area contributed by atoms with Crippen LogP contribution in [0.25, 0.3) is 0 Å². The maximum Gasteiger partial charge on any atom is 0.242 e. The number of hydrogen-bond donors (Lipinski definition) is 1. The number of nitrogens with one attached hydrogen (secondary N) is 1. The lowest BCUT2D eigenvalue weighted by atomic mass is 9.85. The van der Waals surface area contributed by atoms with Crippen LogP contribution in [0.4, 0.5) is 0 Å². The molecule has 1 aliphatic heterocycles. The number of nitriles is 1. The fourth-order valence-electron chi connectivity index (χ4n) is 2.87. The van der Waals surface area contributed by atoms with Crippen LogP contribution in [0.2, 0.25) is 0 Å². The number of sulfonamides is 1. The van der Waals surface area contributed by atoms with Gasteiger partial charge < -0.3 is 0 Å². The van der Waals surface area contributed by atoms with E-state index in [0.717, 1.165) is 22.4 Å². The van der Waals surface area contributed by atoms with Gasteiger partial charge in [0, 0.05) is 5.75 Å². The zero-order valence-electron chi connectivity index (χ0n) is 14.4. The van der Waals surface area contributed by atoms with Gasteiger partial charge in [0.2, 0.25) is 10.0 Å². The first-order valence-corrected chi connectivity index (χ1v) is 10.3. The van der Waals surface area contributed by atoms with Crippen molar-refractivity contribution in [2.24, 2.45) is 0 Å². The zero-order chi connectivity index (χ0) is 17.5. The van der Waals surface area contributed by atoms with Crippen LogP contribution < -0.4 is 4.72 Å². The summed E-state index contributed by atoms with van der Waals surface area (Å²) in [5, 5.41) is 9.43. The summed E-state index contributed by atoms with van der Waals surface area (Å²) in [6.45, 7) is 9.95. The molecule has 0 aromatic heterocycles. The van der Waals surface area contributed by atoms with Crippen LogP contribution in [0.15, 0.2) is 17.0 Å². The molecule has 1 aromatic carbocycles. The number of hydrogen-bond acceptors (Lipinski definition) is 4. The van der Waals surface area contributed by atoms with Crippen LogP contribution in [0, 0.1) is 25.2 Å². The highest BCUT2D eigenvalue weighted by Crippen LogP contribution is 2.32. The van der Waals surface area contributed by atoms with Gasteiger partial charge in [0.15, 0.2) is 0 Å². The summed E-state index contributed by atoms with van der Waals surface area (Å²) >= 11 is 1.61. The molecule has 1 heterocycles. The van der Waals surface area contributed by atoms with E-state index >= 15 is 0 Å². The predicted octanol–water partition coefficient (Wildman–Crippen LogP) is 3.28. The smallest absolute Gasteiger partial charge is 0.207 e. The standard InChI is InChI=1S/C17H24N2O2S2/c1-12-8-14(16(3,4)5)9-13(2)15(12)23(20,21)19-17(10-18)6-7-22-11-17/h8-9,19H,6-7,11H2,1-5H3/t17-/m0/s1. The molecule has 1 saturated heterocycles. The SMILES string of the molecule is Cc1cc(C(C)(C)C)cc(C)c1S(=O)(=O)N[C@]1(C#N)CCSC1. The Morgan fingerprint density at radius 3 is 2.22 bits per heavy atom. The first-order chi connectivity index (χ1) is 10.5. The van der Waals surface area contributed by atoms with Crippen molar-refractivity contribution in [3.8, 4) is 6.07 Å². The molecule has 0 bridgehead atoms. The minimum absolute atomic E-state index is 0.0405. The van der Waals surface area contributed by atoms with E-state index in [9.17, 15) is 13.7 Å². The van der Waals surface area contributed by atoms with Gasteiger partial charge in [-0.15, -0.1) is 0 Å². The van der Waals surface area contributed by atoms with Crippen molar-refractivity contribution in [3.05, 3.63) is 28.8 Å². The Kier molecular flexibility index (Phi) is 4.87. The normalized spacial score (nSPS) is 22.1. The molecule has 6 heteroatoms. The minimum atomic E-state index is -3.72. The molecule has 0 spiro atoms. The summed E-state index contributed by atoms with van der Waals surface area (Å²) in [6.07, 6.45) is 0.547. The third kappa shape index (κ3) is 3.73. The molecule has 0 saturated carbocycles. The van der Waals surface area contributed by atoms with Crippen molar-refractivity contribution < 1.29 is 8.42 Å². The number of nitrogens with zero attached hydrogens (tertiary/aromatic N) is 1. The van der Waals surface area contributed by atoms with Crippen molar-refractivity contribution >= 4 is 21.8 Å². The van der Waals surface area contributed by atoms with Gasteiger partial charge in [-0.2, -0.15) is 21.7 Å². The van der Waals surface area contributed by atoms with E-state index in [0.29, 0.717) is 17.1 Å². The van der Waals surface area contributed by atoms with Crippen molar-refractivity contribution in [3.63, 3.8) is 0 Å². The molecule has 1 aliphatic rings. The summed E-state index contributed by atoms with van der Waals surface area (Å²) in [4.78, 5) is 0.303. The molecule has 126 valence electrons. The highest BCUT2D eigenvalue weighted by Gasteiger charge is 2.39. The topological polar surface area (TPSA) is 70.0 Å². The first-order valence-electron chi connectivity index (χ1n) is 7.65. The Morgan fingerprint density at radius 1 is 1.26 bits per heavy atom. The van der Waals surface area contributed by atoms with Crippen molar-refractivity contribution in [2.75, 3.05) is 11.5 Å². The van der Waals surface area contributed by atoms with E-state index in [1.807, 2.05) is 26.0 Å². The van der Waals surface area contributed by atoms with Gasteiger partial charge in [0.05, 0.1) is 11.0 Å². The van der Waals surface area contributed by atoms with Crippen molar-refractivity contribution in [1.29, 1.82) is 5.26 Å². The second-order valence-corrected chi connectivity index (χ2v) is 10.0. The van der Waals surface area contributed by atoms with Gasteiger partial charge in [0.1, 0.15) is 5.54 Å². The van der Waals surface area contributed by atoms with Crippen LogP contribution in [-0.2, 0) is 15.4 Å². The Bertz CT molecular complexity index is 727. The molecule has 1 aromatic rings. The van der Waals surface area contributed by atoms with Gasteiger partial charge in [-0.05, 0) is 48.1 Å². The van der Waals surface area contributed by atoms with Gasteiger partial charge >= 0.3 is 0 Å². The Hall–Kier alpha value is -1.03. The summed E-state index contributed by atoms with van der Waals surface area (Å²) in [5.74, 6) is 1.30. The average Bonchev–Trinajstić information content (AvgIpc) is 2.84. The molecule has 1 atom stereocenters. The molecule has 2 rings (SSSR count). The fourth-order valence-corrected chi connectivity index (χ4v) is 6.03. The maximum atomic E-state index is 12.9. The molecule has 1 fully saturated rings. The lowest BCUT2D eigenvalue weighted by molar-refractivity contribution is 0.514. The van der Waals surface area contributed by atoms with E-state index < -0.39 is 15.6 Å². The quantitative estimate of drug-likeness (QED) is 0.906. The molecule has 0 aliphatic carbocycles. The third-order valence-electron chi connectivity index (χ3n) is 4.16. The molecular weight excluding hydrogens is 328 g/mol. The predicted molar refractivity (Wildman–Crippen MR) is 95.2 cm³/mol. The van der Waals surface area contributed by atoms with E-state index in [-0.39, 0.29) is 5.41 Å². The van der Waals surface area contributed by atoms with Crippen LogP contribution in [-0.4, -0.2) is 25.5 Å². The highest BCUT2D eigenvalue weighted by molar-refractivity contribution is 7.99. The molecule has 1 N–H and O–H groups in total. The van der Waals surface area contributed by atoms with Crippen molar-refractivity contribution in [1.82, 2.24) is 4.72 Å². The van der Waals surface area contributed by atoms with E-state index in [2.05, 4.69) is 31.6 Å². The number of thioether (sulfide) groups is 1. The van der Waals surface area contributed by atoms with Crippen molar-refractivity contribution in [2.45, 2.75) is 56.9 Å². The highest BCUT2D eigenvalue weighted by atomic mass is 32.2. The van der Waals surface area contributed by atoms with Crippen LogP contribution in [0.5, 0.6) is 0 Å². The number of aryl methyl sites for hydroxylation is 2. The van der Waals surface area contributed by atoms with Crippen LogP contribution in [0.1, 0.15) is 43.9 Å². The lowest BCUT2D eigenvalue weighted by Gasteiger charge is -2.25. The zero-order valence-corrected chi connectivity index (χ0v) is 16.0. The second kappa shape index (κ2) is 6.12. The first kappa shape index (κ1) is 18.3. The molecule has 23 heavy (non-hydrogen) atoms. The molecule has 0 radical (unpaired) electrons. The van der Waals surface area contributed by atoms with Crippen LogP contribution in [0.3, 0.4) is 0 Å². The lowest BCUT2D eigenvalue weighted by Crippen LogP contribution is -2.47. The molecular formula is C17H24N2O2S2. The average molecular weight is 353 g/mol. The Labute approximate surface area is 143 Å². The number of benzene rings is 1. The van der Waals surface area contributed by atoms with Gasteiger partial charge in [0.25, 0.3) is 0 Å². The van der Waals surface area contributed by atoms with E-state index in [1.165, 1.54) is 0 Å². The summed E-state index contributed by atoms with van der Waals surface area (Å²) in [6, 6.07) is 6.04. The Morgan fingerprint density at radius 2 is 1.83 bits per heavy atom.